The van der Waals surface area contributed by atoms with Gasteiger partial charge in [-0.25, -0.2) is 0 Å². The predicted molar refractivity (Wildman–Crippen MR) is 75.5 cm³/mol. The van der Waals surface area contributed by atoms with Crippen molar-refractivity contribution in [2.75, 3.05) is 19.6 Å². The predicted octanol–water partition coefficient (Wildman–Crippen LogP) is 1.35. The lowest BCUT2D eigenvalue weighted by atomic mass is 10.1. The highest BCUT2D eigenvalue weighted by Crippen LogP contribution is 2.15. The van der Waals surface area contributed by atoms with Gasteiger partial charge in [-0.3, -0.25) is 14.9 Å². The molecule has 1 aromatic carbocycles. The molecule has 0 aliphatic carbocycles. The third kappa shape index (κ3) is 3.33. The summed E-state index contributed by atoms with van der Waals surface area (Å²) in [5.41, 5.74) is 0.860. The number of hydrogen-bond acceptors (Lipinski definition) is 4. The molecule has 0 saturated carbocycles. The summed E-state index contributed by atoms with van der Waals surface area (Å²) in [7, 11) is 0. The van der Waals surface area contributed by atoms with Crippen LogP contribution in [0, 0.1) is 10.1 Å². The van der Waals surface area contributed by atoms with E-state index >= 15 is 0 Å². The smallest absolute Gasteiger partial charge is 0.269 e. The molecular formula is C14H19N3O3. The van der Waals surface area contributed by atoms with Crippen molar-refractivity contribution in [2.45, 2.75) is 25.8 Å². The first-order valence-electron chi connectivity index (χ1n) is 6.85. The van der Waals surface area contributed by atoms with Crippen LogP contribution in [0.4, 0.5) is 5.69 Å². The Morgan fingerprint density at radius 2 is 2.15 bits per heavy atom. The van der Waals surface area contributed by atoms with Crippen LogP contribution in [0.15, 0.2) is 24.3 Å². The van der Waals surface area contributed by atoms with Crippen molar-refractivity contribution < 1.29 is 9.72 Å². The van der Waals surface area contributed by atoms with E-state index in [4.69, 9.17) is 0 Å². The molecule has 0 bridgehead atoms. The fraction of sp³-hybridized carbons (Fsp3) is 0.500. The molecule has 1 atom stereocenters. The first kappa shape index (κ1) is 14.5. The van der Waals surface area contributed by atoms with Gasteiger partial charge in [-0.15, -0.1) is 0 Å². The van der Waals surface area contributed by atoms with E-state index in [1.807, 2.05) is 11.8 Å². The maximum Gasteiger partial charge on any atom is 0.269 e. The standard InChI is InChI=1S/C14H19N3O3/c1-2-16(13-7-8-15-10-13)14(18)9-11-3-5-12(6-4-11)17(19)20/h3-6,13,15H,2,7-10H2,1H3. The third-order valence-electron chi connectivity index (χ3n) is 3.64. The minimum atomic E-state index is -0.436. The van der Waals surface area contributed by atoms with Gasteiger partial charge in [0.05, 0.1) is 11.3 Å². The zero-order valence-corrected chi connectivity index (χ0v) is 11.5. The number of non-ortho nitro benzene ring substituents is 1. The minimum Gasteiger partial charge on any atom is -0.338 e. The molecule has 1 amide bonds. The van der Waals surface area contributed by atoms with E-state index in [9.17, 15) is 14.9 Å². The fourth-order valence-electron chi connectivity index (χ4n) is 2.56. The lowest BCUT2D eigenvalue weighted by molar-refractivity contribution is -0.384. The number of nitro groups is 1. The van der Waals surface area contributed by atoms with E-state index in [1.165, 1.54) is 12.1 Å². The summed E-state index contributed by atoms with van der Waals surface area (Å²) in [4.78, 5) is 24.4. The Morgan fingerprint density at radius 3 is 2.65 bits per heavy atom. The lowest BCUT2D eigenvalue weighted by Crippen LogP contribution is -2.42. The van der Waals surface area contributed by atoms with Gasteiger partial charge >= 0.3 is 0 Å². The Kier molecular flexibility index (Phi) is 4.68. The van der Waals surface area contributed by atoms with Crippen LogP contribution in [-0.2, 0) is 11.2 Å². The van der Waals surface area contributed by atoms with Crippen molar-refractivity contribution in [3.8, 4) is 0 Å². The first-order chi connectivity index (χ1) is 9.61. The molecule has 1 heterocycles. The average molecular weight is 277 g/mol. The quantitative estimate of drug-likeness (QED) is 0.651. The van der Waals surface area contributed by atoms with Gasteiger partial charge in [-0.2, -0.15) is 0 Å². The van der Waals surface area contributed by atoms with Crippen LogP contribution in [0.1, 0.15) is 18.9 Å². The van der Waals surface area contributed by atoms with Gasteiger partial charge < -0.3 is 10.2 Å². The number of likely N-dealkylation sites (N-methyl/N-ethyl adjacent to an activating group) is 1. The van der Waals surface area contributed by atoms with E-state index in [0.717, 1.165) is 25.1 Å². The topological polar surface area (TPSA) is 75.5 Å². The third-order valence-corrected chi connectivity index (χ3v) is 3.64. The SMILES string of the molecule is CCN(C(=O)Cc1ccc([N+](=O)[O-])cc1)C1CCNC1. The summed E-state index contributed by atoms with van der Waals surface area (Å²) < 4.78 is 0. The molecule has 20 heavy (non-hydrogen) atoms. The first-order valence-corrected chi connectivity index (χ1v) is 6.85. The van der Waals surface area contributed by atoms with Gasteiger partial charge in [-0.1, -0.05) is 12.1 Å². The molecule has 1 fully saturated rings. The molecule has 1 unspecified atom stereocenters. The molecule has 2 rings (SSSR count). The summed E-state index contributed by atoms with van der Waals surface area (Å²) in [6, 6.07) is 6.45. The highest BCUT2D eigenvalue weighted by Gasteiger charge is 2.25. The lowest BCUT2D eigenvalue weighted by Gasteiger charge is -2.27. The maximum atomic E-state index is 12.3. The number of carbonyl (C=O) groups is 1. The number of carbonyl (C=O) groups excluding carboxylic acids is 1. The Morgan fingerprint density at radius 1 is 1.45 bits per heavy atom. The van der Waals surface area contributed by atoms with E-state index in [0.29, 0.717) is 13.0 Å². The molecule has 1 N–H and O–H groups in total. The normalized spacial score (nSPS) is 17.9. The van der Waals surface area contributed by atoms with Gasteiger partial charge in [0.15, 0.2) is 0 Å². The summed E-state index contributed by atoms with van der Waals surface area (Å²) >= 11 is 0. The van der Waals surface area contributed by atoms with E-state index < -0.39 is 4.92 Å². The Labute approximate surface area is 117 Å². The fourth-order valence-corrected chi connectivity index (χ4v) is 2.56. The van der Waals surface area contributed by atoms with E-state index in [2.05, 4.69) is 5.32 Å². The van der Waals surface area contributed by atoms with Crippen molar-refractivity contribution in [2.24, 2.45) is 0 Å². The summed E-state index contributed by atoms with van der Waals surface area (Å²) in [5.74, 6) is 0.0788. The second-order valence-electron chi connectivity index (χ2n) is 4.93. The Balaban J connectivity index is 2.00. The summed E-state index contributed by atoms with van der Waals surface area (Å²) in [6.07, 6.45) is 1.28. The molecule has 1 aliphatic rings. The Hall–Kier alpha value is -1.95. The maximum absolute atomic E-state index is 12.3. The van der Waals surface area contributed by atoms with Gasteiger partial charge in [0.2, 0.25) is 5.91 Å². The molecule has 0 spiro atoms. The van der Waals surface area contributed by atoms with E-state index in [1.54, 1.807) is 12.1 Å². The van der Waals surface area contributed by atoms with Crippen LogP contribution in [0.25, 0.3) is 0 Å². The summed E-state index contributed by atoms with van der Waals surface area (Å²) in [5, 5.41) is 13.8. The number of nitro benzene ring substituents is 1. The molecule has 0 aromatic heterocycles. The summed E-state index contributed by atoms with van der Waals surface area (Å²) in [6.45, 7) is 4.47. The molecule has 1 aromatic rings. The number of amides is 1. The second-order valence-corrected chi connectivity index (χ2v) is 4.93. The highest BCUT2D eigenvalue weighted by molar-refractivity contribution is 5.79. The zero-order valence-electron chi connectivity index (χ0n) is 11.5. The monoisotopic (exact) mass is 277 g/mol. The zero-order chi connectivity index (χ0) is 14.5. The van der Waals surface area contributed by atoms with Crippen LogP contribution in [-0.4, -0.2) is 41.4 Å². The van der Waals surface area contributed by atoms with Gasteiger partial charge in [0.1, 0.15) is 0 Å². The Bertz CT molecular complexity index is 481. The molecule has 1 aliphatic heterocycles. The van der Waals surface area contributed by atoms with Crippen LogP contribution in [0.3, 0.4) is 0 Å². The number of nitrogens with one attached hydrogen (secondary N) is 1. The van der Waals surface area contributed by atoms with Crippen LogP contribution < -0.4 is 5.32 Å². The number of nitrogens with zero attached hydrogens (tertiary/aromatic N) is 2. The largest absolute Gasteiger partial charge is 0.338 e. The van der Waals surface area contributed by atoms with Crippen molar-refractivity contribution in [1.29, 1.82) is 0 Å². The average Bonchev–Trinajstić information content (AvgIpc) is 2.94. The van der Waals surface area contributed by atoms with Crippen molar-refractivity contribution in [3.05, 3.63) is 39.9 Å². The minimum absolute atomic E-state index is 0.0496. The van der Waals surface area contributed by atoms with E-state index in [-0.39, 0.29) is 17.6 Å². The molecule has 6 heteroatoms. The van der Waals surface area contributed by atoms with Crippen LogP contribution in [0.5, 0.6) is 0 Å². The van der Waals surface area contributed by atoms with Gasteiger partial charge in [-0.05, 0) is 25.5 Å². The second kappa shape index (κ2) is 6.47. The van der Waals surface area contributed by atoms with Crippen molar-refractivity contribution in [3.63, 3.8) is 0 Å². The van der Waals surface area contributed by atoms with Crippen molar-refractivity contribution in [1.82, 2.24) is 10.2 Å². The van der Waals surface area contributed by atoms with Crippen LogP contribution >= 0.6 is 0 Å². The number of benzene rings is 1. The number of rotatable bonds is 5. The van der Waals surface area contributed by atoms with Gasteiger partial charge in [0, 0.05) is 31.3 Å². The van der Waals surface area contributed by atoms with Gasteiger partial charge in [0.25, 0.3) is 5.69 Å². The molecule has 0 radical (unpaired) electrons. The molecule has 6 nitrogen and oxygen atoms in total. The molecule has 1 saturated heterocycles. The van der Waals surface area contributed by atoms with Crippen LogP contribution in [0.2, 0.25) is 0 Å². The number of hydrogen-bond donors (Lipinski definition) is 1. The molecular weight excluding hydrogens is 258 g/mol. The highest BCUT2D eigenvalue weighted by atomic mass is 16.6. The molecule has 108 valence electrons. The van der Waals surface area contributed by atoms with Crippen molar-refractivity contribution >= 4 is 11.6 Å².